The predicted molar refractivity (Wildman–Crippen MR) is 91.1 cm³/mol. The van der Waals surface area contributed by atoms with Crippen molar-refractivity contribution in [1.29, 1.82) is 0 Å². The summed E-state index contributed by atoms with van der Waals surface area (Å²) < 4.78 is 5.43. The van der Waals surface area contributed by atoms with Gasteiger partial charge in [-0.25, -0.2) is 4.79 Å². The van der Waals surface area contributed by atoms with Crippen molar-refractivity contribution >= 4 is 18.0 Å². The fraction of sp³-hybridized carbons (Fsp3) is 0.474. The first kappa shape index (κ1) is 17.3. The molecule has 0 aromatic heterocycles. The van der Waals surface area contributed by atoms with E-state index in [4.69, 9.17) is 4.74 Å². The Labute approximate surface area is 138 Å². The van der Waals surface area contributed by atoms with Gasteiger partial charge in [-0.2, -0.15) is 0 Å². The van der Waals surface area contributed by atoms with Crippen molar-refractivity contribution < 1.29 is 14.3 Å². The zero-order chi connectivity index (χ0) is 16.9. The number of likely N-dealkylation sites (tertiary alicyclic amines) is 1. The van der Waals surface area contributed by atoms with E-state index in [1.165, 1.54) is 0 Å². The summed E-state index contributed by atoms with van der Waals surface area (Å²) in [5.74, 6) is -0.0422. The molecule has 1 amide bonds. The zero-order valence-electron chi connectivity index (χ0n) is 14.1. The van der Waals surface area contributed by atoms with Gasteiger partial charge in [0.1, 0.15) is 5.60 Å². The molecule has 1 atom stereocenters. The summed E-state index contributed by atoms with van der Waals surface area (Å²) in [6.07, 6.45) is 5.52. The molecule has 4 heteroatoms. The van der Waals surface area contributed by atoms with Gasteiger partial charge in [0.2, 0.25) is 0 Å². The highest BCUT2D eigenvalue weighted by Crippen LogP contribution is 2.21. The van der Waals surface area contributed by atoms with E-state index in [1.54, 1.807) is 17.1 Å². The fourth-order valence-electron chi connectivity index (χ4n) is 2.62. The molecule has 0 radical (unpaired) electrons. The van der Waals surface area contributed by atoms with Gasteiger partial charge in [-0.05, 0) is 51.7 Å². The Morgan fingerprint density at radius 2 is 1.87 bits per heavy atom. The summed E-state index contributed by atoms with van der Waals surface area (Å²) in [4.78, 5) is 26.4. The average molecular weight is 315 g/mol. The van der Waals surface area contributed by atoms with E-state index in [1.807, 2.05) is 51.1 Å². The first-order valence-electron chi connectivity index (χ1n) is 8.13. The molecule has 1 fully saturated rings. The van der Waals surface area contributed by atoms with Gasteiger partial charge in [0, 0.05) is 6.54 Å². The monoisotopic (exact) mass is 315 g/mol. The topological polar surface area (TPSA) is 46.6 Å². The number of piperidine rings is 1. The molecule has 0 spiro atoms. The molecule has 1 heterocycles. The van der Waals surface area contributed by atoms with Crippen LogP contribution in [0.1, 0.15) is 45.6 Å². The number of hydrogen-bond acceptors (Lipinski definition) is 3. The molecule has 1 aromatic rings. The quantitative estimate of drug-likeness (QED) is 0.790. The number of nitrogens with zero attached hydrogens (tertiary/aromatic N) is 1. The van der Waals surface area contributed by atoms with E-state index < -0.39 is 17.7 Å². The molecule has 4 nitrogen and oxygen atoms in total. The second kappa shape index (κ2) is 7.44. The summed E-state index contributed by atoms with van der Waals surface area (Å²) in [7, 11) is 0. The third-order valence-electron chi connectivity index (χ3n) is 3.70. The maximum absolute atomic E-state index is 12.5. The number of carbonyl (C=O) groups is 2. The van der Waals surface area contributed by atoms with E-state index >= 15 is 0 Å². The second-order valence-electron chi connectivity index (χ2n) is 6.83. The van der Waals surface area contributed by atoms with Crippen molar-refractivity contribution in [3.63, 3.8) is 0 Å². The van der Waals surface area contributed by atoms with Crippen molar-refractivity contribution in [2.45, 2.75) is 51.7 Å². The van der Waals surface area contributed by atoms with E-state index in [9.17, 15) is 9.59 Å². The maximum atomic E-state index is 12.5. The number of amides is 1. The van der Waals surface area contributed by atoms with Crippen LogP contribution in [-0.4, -0.2) is 35.0 Å². The number of rotatable bonds is 3. The van der Waals surface area contributed by atoms with E-state index in [-0.39, 0.29) is 5.78 Å². The minimum atomic E-state index is -0.554. The first-order valence-corrected chi connectivity index (χ1v) is 8.13. The molecule has 0 unspecified atom stereocenters. The Bertz CT molecular complexity index is 572. The molecule has 1 aliphatic rings. The molecule has 23 heavy (non-hydrogen) atoms. The highest BCUT2D eigenvalue weighted by Gasteiger charge is 2.33. The molecule has 0 saturated carbocycles. The summed E-state index contributed by atoms with van der Waals surface area (Å²) in [5.41, 5.74) is 0.419. The summed E-state index contributed by atoms with van der Waals surface area (Å²) in [6, 6.07) is 9.26. The lowest BCUT2D eigenvalue weighted by Crippen LogP contribution is -2.49. The molecule has 1 saturated heterocycles. The highest BCUT2D eigenvalue weighted by molar-refractivity contribution is 5.99. The third-order valence-corrected chi connectivity index (χ3v) is 3.70. The third kappa shape index (κ3) is 5.23. The molecule has 1 aliphatic heterocycles. The highest BCUT2D eigenvalue weighted by atomic mass is 16.6. The van der Waals surface area contributed by atoms with Gasteiger partial charge < -0.3 is 4.74 Å². The van der Waals surface area contributed by atoms with Crippen LogP contribution >= 0.6 is 0 Å². The molecule has 2 rings (SSSR count). The smallest absolute Gasteiger partial charge is 0.410 e. The van der Waals surface area contributed by atoms with Crippen LogP contribution < -0.4 is 0 Å². The lowest BCUT2D eigenvalue weighted by atomic mass is 9.98. The van der Waals surface area contributed by atoms with E-state index in [0.29, 0.717) is 13.0 Å². The van der Waals surface area contributed by atoms with E-state index in [2.05, 4.69) is 0 Å². The van der Waals surface area contributed by atoms with Crippen LogP contribution in [0.2, 0.25) is 0 Å². The first-order chi connectivity index (χ1) is 10.9. The lowest BCUT2D eigenvalue weighted by molar-refractivity contribution is -0.120. The molecule has 0 aliphatic carbocycles. The van der Waals surface area contributed by atoms with Gasteiger partial charge >= 0.3 is 6.09 Å². The standard InChI is InChI=1S/C19H25NO3/c1-19(2,3)23-18(22)20-14-8-7-11-16(20)17(21)13-12-15-9-5-4-6-10-15/h4-6,9-10,12-13,16H,7-8,11,14H2,1-3H3/b13-12+/t16-/m0/s1. The predicted octanol–water partition coefficient (Wildman–Crippen LogP) is 4.06. The molecule has 0 bridgehead atoms. The van der Waals surface area contributed by atoms with Crippen LogP contribution in [0.4, 0.5) is 4.79 Å². The van der Waals surface area contributed by atoms with Crippen LogP contribution in [0.5, 0.6) is 0 Å². The van der Waals surface area contributed by atoms with Crippen LogP contribution in [0.25, 0.3) is 6.08 Å². The van der Waals surface area contributed by atoms with Gasteiger partial charge in [0.05, 0.1) is 6.04 Å². The largest absolute Gasteiger partial charge is 0.444 e. The minimum Gasteiger partial charge on any atom is -0.444 e. The number of benzene rings is 1. The van der Waals surface area contributed by atoms with Crippen molar-refractivity contribution in [1.82, 2.24) is 4.90 Å². The summed E-state index contributed by atoms with van der Waals surface area (Å²) >= 11 is 0. The number of ketones is 1. The molecule has 124 valence electrons. The van der Waals surface area contributed by atoms with Gasteiger partial charge in [-0.3, -0.25) is 9.69 Å². The summed E-state index contributed by atoms with van der Waals surface area (Å²) in [5, 5.41) is 0. The van der Waals surface area contributed by atoms with Gasteiger partial charge in [0.15, 0.2) is 5.78 Å². The van der Waals surface area contributed by atoms with Crippen molar-refractivity contribution in [2.24, 2.45) is 0 Å². The number of ether oxygens (including phenoxy) is 1. The number of carbonyl (C=O) groups excluding carboxylic acids is 2. The summed E-state index contributed by atoms with van der Waals surface area (Å²) in [6.45, 7) is 6.08. The molecular weight excluding hydrogens is 290 g/mol. The average Bonchev–Trinajstić information content (AvgIpc) is 2.52. The fourth-order valence-corrected chi connectivity index (χ4v) is 2.62. The molecule has 0 N–H and O–H groups in total. The second-order valence-corrected chi connectivity index (χ2v) is 6.83. The van der Waals surface area contributed by atoms with Crippen molar-refractivity contribution in [3.8, 4) is 0 Å². The van der Waals surface area contributed by atoms with Crippen LogP contribution in [0.3, 0.4) is 0 Å². The van der Waals surface area contributed by atoms with Gasteiger partial charge in [-0.15, -0.1) is 0 Å². The van der Waals surface area contributed by atoms with Crippen LogP contribution in [0, 0.1) is 0 Å². The Morgan fingerprint density at radius 1 is 1.17 bits per heavy atom. The van der Waals surface area contributed by atoms with Crippen molar-refractivity contribution in [2.75, 3.05) is 6.54 Å². The zero-order valence-corrected chi connectivity index (χ0v) is 14.1. The Kier molecular flexibility index (Phi) is 5.59. The molecule has 1 aromatic carbocycles. The van der Waals surface area contributed by atoms with Crippen molar-refractivity contribution in [3.05, 3.63) is 42.0 Å². The Balaban J connectivity index is 2.07. The minimum absolute atomic E-state index is 0.0422. The lowest BCUT2D eigenvalue weighted by Gasteiger charge is -2.35. The Hall–Kier alpha value is -2.10. The van der Waals surface area contributed by atoms with Gasteiger partial charge in [0.25, 0.3) is 0 Å². The molecular formula is C19H25NO3. The van der Waals surface area contributed by atoms with E-state index in [0.717, 1.165) is 18.4 Å². The van der Waals surface area contributed by atoms with Crippen LogP contribution in [-0.2, 0) is 9.53 Å². The normalized spacial score (nSPS) is 18.9. The maximum Gasteiger partial charge on any atom is 0.410 e. The number of hydrogen-bond donors (Lipinski definition) is 0. The van der Waals surface area contributed by atoms with Gasteiger partial charge in [-0.1, -0.05) is 36.4 Å². The van der Waals surface area contributed by atoms with Crippen LogP contribution in [0.15, 0.2) is 36.4 Å². The Morgan fingerprint density at radius 3 is 2.52 bits per heavy atom. The SMILES string of the molecule is CC(C)(C)OC(=O)N1CCCC[C@H]1C(=O)/C=C/c1ccccc1.